The molecule has 0 bridgehead atoms. The molecule has 5 nitrogen and oxygen atoms in total. The maximum Gasteiger partial charge on any atom is 0.236 e. The summed E-state index contributed by atoms with van der Waals surface area (Å²) in [4.78, 5) is 11.4. The summed E-state index contributed by atoms with van der Waals surface area (Å²) in [6, 6.07) is 9.76. The fraction of sp³-hybridized carbons (Fsp3) is 0.333. The lowest BCUT2D eigenvalue weighted by Crippen LogP contribution is -2.34. The van der Waals surface area contributed by atoms with Crippen LogP contribution in [0.25, 0.3) is 17.0 Å². The van der Waals surface area contributed by atoms with E-state index in [1.54, 1.807) is 7.11 Å². The maximum absolute atomic E-state index is 13.3. The number of alkyl halides is 1. The van der Waals surface area contributed by atoms with Gasteiger partial charge < -0.3 is 9.64 Å². The number of hydrogen-bond donors (Lipinski definition) is 0. The molecule has 1 saturated heterocycles. The number of piperidine rings is 1. The number of methoxy groups -OCH3 is 1. The second-order valence-corrected chi connectivity index (χ2v) is 6.01. The molecule has 1 aromatic carbocycles. The van der Waals surface area contributed by atoms with Gasteiger partial charge in [0.1, 0.15) is 17.7 Å². The van der Waals surface area contributed by atoms with Gasteiger partial charge in [-0.15, -0.1) is 0 Å². The molecule has 0 spiro atoms. The highest BCUT2D eigenvalue weighted by Crippen LogP contribution is 2.24. The van der Waals surface area contributed by atoms with Gasteiger partial charge in [0.25, 0.3) is 0 Å². The number of fused-ring (bicyclic) bond motifs is 1. The van der Waals surface area contributed by atoms with Crippen LogP contribution in [0.3, 0.4) is 0 Å². The number of rotatable bonds is 3. The Balaban J connectivity index is 1.66. The van der Waals surface area contributed by atoms with E-state index in [9.17, 15) is 4.39 Å². The fourth-order valence-corrected chi connectivity index (χ4v) is 3.04. The van der Waals surface area contributed by atoms with Crippen molar-refractivity contribution in [3.05, 3.63) is 42.7 Å². The molecule has 3 aromatic rings. The average Bonchev–Trinajstić information content (AvgIpc) is 3.05. The van der Waals surface area contributed by atoms with Crippen molar-refractivity contribution in [3.8, 4) is 17.0 Å². The third kappa shape index (κ3) is 2.79. The zero-order valence-electron chi connectivity index (χ0n) is 13.5. The van der Waals surface area contributed by atoms with Crippen LogP contribution in [-0.4, -0.2) is 40.7 Å². The quantitative estimate of drug-likeness (QED) is 0.740. The van der Waals surface area contributed by atoms with E-state index in [1.807, 2.05) is 47.1 Å². The SMILES string of the molecule is COc1cccc(-c2cn3ccc(N4CCC(F)CC4)nc3n2)c1. The van der Waals surface area contributed by atoms with Gasteiger partial charge in [0, 0.05) is 31.0 Å². The Labute approximate surface area is 139 Å². The molecule has 2 aromatic heterocycles. The Hall–Kier alpha value is -2.63. The van der Waals surface area contributed by atoms with Crippen LogP contribution in [0.5, 0.6) is 5.75 Å². The highest BCUT2D eigenvalue weighted by molar-refractivity contribution is 5.63. The van der Waals surface area contributed by atoms with Gasteiger partial charge in [-0.05, 0) is 31.0 Å². The summed E-state index contributed by atoms with van der Waals surface area (Å²) in [5.41, 5.74) is 1.83. The Bertz CT molecular complexity index is 855. The Kier molecular flexibility index (Phi) is 3.80. The van der Waals surface area contributed by atoms with Crippen LogP contribution in [0.1, 0.15) is 12.8 Å². The average molecular weight is 326 g/mol. The number of nitrogens with zero attached hydrogens (tertiary/aromatic N) is 4. The summed E-state index contributed by atoms with van der Waals surface area (Å²) >= 11 is 0. The number of aromatic nitrogens is 3. The smallest absolute Gasteiger partial charge is 0.236 e. The molecule has 0 radical (unpaired) electrons. The molecule has 6 heteroatoms. The Morgan fingerprint density at radius 3 is 2.79 bits per heavy atom. The molecule has 4 rings (SSSR count). The molecule has 124 valence electrons. The number of hydrogen-bond acceptors (Lipinski definition) is 4. The van der Waals surface area contributed by atoms with Gasteiger partial charge in [-0.1, -0.05) is 12.1 Å². The summed E-state index contributed by atoms with van der Waals surface area (Å²) in [6.45, 7) is 1.40. The van der Waals surface area contributed by atoms with Gasteiger partial charge in [-0.2, -0.15) is 4.98 Å². The number of halogens is 1. The molecule has 0 atom stereocenters. The highest BCUT2D eigenvalue weighted by atomic mass is 19.1. The van der Waals surface area contributed by atoms with Gasteiger partial charge >= 0.3 is 0 Å². The van der Waals surface area contributed by atoms with Crippen molar-refractivity contribution in [2.24, 2.45) is 0 Å². The van der Waals surface area contributed by atoms with Crippen molar-refractivity contribution in [3.63, 3.8) is 0 Å². The zero-order chi connectivity index (χ0) is 16.5. The first-order chi connectivity index (χ1) is 11.7. The van der Waals surface area contributed by atoms with Crippen molar-refractivity contribution in [1.82, 2.24) is 14.4 Å². The number of imidazole rings is 1. The van der Waals surface area contributed by atoms with E-state index in [2.05, 4.69) is 14.9 Å². The second kappa shape index (κ2) is 6.11. The largest absolute Gasteiger partial charge is 0.497 e. The molecule has 0 unspecified atom stereocenters. The van der Waals surface area contributed by atoms with E-state index in [0.717, 1.165) is 22.8 Å². The van der Waals surface area contributed by atoms with Gasteiger partial charge in [-0.25, -0.2) is 9.37 Å². The van der Waals surface area contributed by atoms with Crippen molar-refractivity contribution in [2.45, 2.75) is 19.0 Å². The summed E-state index contributed by atoms with van der Waals surface area (Å²) in [5.74, 6) is 2.30. The molecule has 1 aliphatic heterocycles. The van der Waals surface area contributed by atoms with Crippen molar-refractivity contribution in [2.75, 3.05) is 25.1 Å². The topological polar surface area (TPSA) is 42.7 Å². The normalized spacial score (nSPS) is 15.8. The minimum atomic E-state index is -0.684. The van der Waals surface area contributed by atoms with Gasteiger partial charge in [0.2, 0.25) is 5.78 Å². The van der Waals surface area contributed by atoms with Crippen LogP contribution >= 0.6 is 0 Å². The van der Waals surface area contributed by atoms with E-state index in [-0.39, 0.29) is 0 Å². The van der Waals surface area contributed by atoms with Crippen LogP contribution < -0.4 is 9.64 Å². The molecule has 0 aliphatic carbocycles. The van der Waals surface area contributed by atoms with E-state index in [0.29, 0.717) is 31.7 Å². The van der Waals surface area contributed by atoms with Crippen molar-refractivity contribution >= 4 is 11.6 Å². The summed E-state index contributed by atoms with van der Waals surface area (Å²) in [7, 11) is 1.65. The lowest BCUT2D eigenvalue weighted by molar-refractivity contribution is 0.277. The second-order valence-electron chi connectivity index (χ2n) is 6.01. The first kappa shape index (κ1) is 14.9. The molecule has 0 amide bonds. The van der Waals surface area contributed by atoms with Gasteiger partial charge in [0.15, 0.2) is 0 Å². The Morgan fingerprint density at radius 2 is 2.00 bits per heavy atom. The first-order valence-corrected chi connectivity index (χ1v) is 8.12. The molecule has 0 N–H and O–H groups in total. The lowest BCUT2D eigenvalue weighted by atomic mass is 10.1. The first-order valence-electron chi connectivity index (χ1n) is 8.12. The molecule has 24 heavy (non-hydrogen) atoms. The predicted molar refractivity (Wildman–Crippen MR) is 91.3 cm³/mol. The third-order valence-corrected chi connectivity index (χ3v) is 4.43. The fourth-order valence-electron chi connectivity index (χ4n) is 3.04. The molecular formula is C18H19FN4O. The van der Waals surface area contributed by atoms with E-state index in [1.165, 1.54) is 0 Å². The van der Waals surface area contributed by atoms with Gasteiger partial charge in [0.05, 0.1) is 12.8 Å². The van der Waals surface area contributed by atoms with Crippen LogP contribution in [0.4, 0.5) is 10.2 Å². The van der Waals surface area contributed by atoms with Crippen LogP contribution in [0.15, 0.2) is 42.7 Å². The molecule has 1 aliphatic rings. The third-order valence-electron chi connectivity index (χ3n) is 4.43. The maximum atomic E-state index is 13.3. The standard InChI is InChI=1S/C18H19FN4O/c1-24-15-4-2-3-13(11-15)16-12-23-10-7-17(21-18(23)20-16)22-8-5-14(19)6-9-22/h2-4,7,10-12,14H,5-6,8-9H2,1H3. The van der Waals surface area contributed by atoms with E-state index in [4.69, 9.17) is 4.74 Å². The number of benzene rings is 1. The predicted octanol–water partition coefficient (Wildman–Crippen LogP) is 3.34. The number of anilines is 1. The molecular weight excluding hydrogens is 307 g/mol. The summed E-state index contributed by atoms with van der Waals surface area (Å²) < 4.78 is 20.5. The van der Waals surface area contributed by atoms with Crippen LogP contribution in [0.2, 0.25) is 0 Å². The summed E-state index contributed by atoms with van der Waals surface area (Å²) in [6.07, 6.45) is 4.35. The zero-order valence-corrected chi connectivity index (χ0v) is 13.5. The Morgan fingerprint density at radius 1 is 1.17 bits per heavy atom. The minimum Gasteiger partial charge on any atom is -0.497 e. The molecule has 3 heterocycles. The van der Waals surface area contributed by atoms with Gasteiger partial charge in [-0.3, -0.25) is 4.40 Å². The van der Waals surface area contributed by atoms with E-state index < -0.39 is 6.17 Å². The summed E-state index contributed by atoms with van der Waals surface area (Å²) in [5, 5.41) is 0. The molecule has 0 saturated carbocycles. The van der Waals surface area contributed by atoms with E-state index >= 15 is 0 Å². The van der Waals surface area contributed by atoms with Crippen molar-refractivity contribution < 1.29 is 9.13 Å². The van der Waals surface area contributed by atoms with Crippen LogP contribution in [-0.2, 0) is 0 Å². The van der Waals surface area contributed by atoms with Crippen LogP contribution in [0, 0.1) is 0 Å². The highest BCUT2D eigenvalue weighted by Gasteiger charge is 2.20. The lowest BCUT2D eigenvalue weighted by Gasteiger charge is -2.29. The van der Waals surface area contributed by atoms with Crippen molar-refractivity contribution in [1.29, 1.82) is 0 Å². The molecule has 1 fully saturated rings. The number of ether oxygens (including phenoxy) is 1. The minimum absolute atomic E-state index is 0.566. The monoisotopic (exact) mass is 326 g/mol.